The average molecular weight is 510 g/mol. The topological polar surface area (TPSA) is 30.9 Å². The fourth-order valence-electron chi connectivity index (χ4n) is 5.43. The normalized spacial score (nSPS) is 21.6. The van der Waals surface area contributed by atoms with Crippen LogP contribution in [0.3, 0.4) is 0 Å². The van der Waals surface area contributed by atoms with Crippen molar-refractivity contribution in [2.24, 2.45) is 0 Å². The van der Waals surface area contributed by atoms with Crippen LogP contribution in [0.2, 0.25) is 0 Å². The van der Waals surface area contributed by atoms with Gasteiger partial charge in [-0.15, -0.1) is 0 Å². The van der Waals surface area contributed by atoms with E-state index >= 15 is 0 Å². The third-order valence-corrected chi connectivity index (χ3v) is 7.72. The van der Waals surface area contributed by atoms with E-state index in [0.717, 1.165) is 32.4 Å². The average Bonchev–Trinajstić information content (AvgIpc) is 3.30. The summed E-state index contributed by atoms with van der Waals surface area (Å²) in [6.07, 6.45) is 13.0. The van der Waals surface area contributed by atoms with Crippen LogP contribution in [0.25, 0.3) is 0 Å². The van der Waals surface area contributed by atoms with E-state index in [1.807, 2.05) is 0 Å². The van der Waals surface area contributed by atoms with Crippen molar-refractivity contribution in [3.8, 4) is 0 Å². The van der Waals surface area contributed by atoms with Crippen LogP contribution >= 0.6 is 0 Å². The second-order valence-electron chi connectivity index (χ2n) is 10.7. The summed E-state index contributed by atoms with van der Waals surface area (Å²) in [6, 6.07) is 21.0. The highest BCUT2D eigenvalue weighted by Crippen LogP contribution is 2.41. The Hall–Kier alpha value is -1.72. The zero-order valence-corrected chi connectivity index (χ0v) is 23.7. The first-order chi connectivity index (χ1) is 18.2. The summed E-state index contributed by atoms with van der Waals surface area (Å²) >= 11 is 0. The summed E-state index contributed by atoms with van der Waals surface area (Å²) in [7, 11) is 2.24. The van der Waals surface area contributed by atoms with Gasteiger partial charge in [-0.25, -0.2) is 0 Å². The Morgan fingerprint density at radius 1 is 0.730 bits per heavy atom. The predicted molar refractivity (Wildman–Crippen MR) is 153 cm³/mol. The molecule has 1 saturated carbocycles. The molecule has 4 heteroatoms. The monoisotopic (exact) mass is 509 g/mol. The van der Waals surface area contributed by atoms with Crippen molar-refractivity contribution in [2.75, 3.05) is 20.2 Å². The minimum Gasteiger partial charge on any atom is -0.373 e. The summed E-state index contributed by atoms with van der Waals surface area (Å²) in [5.74, 6) is 0. The molecule has 0 bridgehead atoms. The number of unbranched alkanes of at least 4 members (excludes halogenated alkanes) is 7. The summed E-state index contributed by atoms with van der Waals surface area (Å²) < 4.78 is 20.1. The van der Waals surface area contributed by atoms with Crippen molar-refractivity contribution >= 4 is 0 Å². The van der Waals surface area contributed by atoms with E-state index in [-0.39, 0.29) is 12.2 Å². The molecule has 0 N–H and O–H groups in total. The molecule has 0 saturated heterocycles. The maximum absolute atomic E-state index is 6.88. The van der Waals surface area contributed by atoms with Gasteiger partial charge in [0.1, 0.15) is 11.8 Å². The van der Waals surface area contributed by atoms with E-state index in [1.54, 1.807) is 0 Å². The number of hydrogen-bond acceptors (Lipinski definition) is 4. The van der Waals surface area contributed by atoms with Crippen LogP contribution in [-0.2, 0) is 27.4 Å². The van der Waals surface area contributed by atoms with Crippen LogP contribution < -0.4 is 0 Å². The van der Waals surface area contributed by atoms with E-state index < -0.39 is 5.72 Å². The third-order valence-electron chi connectivity index (χ3n) is 7.72. The Morgan fingerprint density at radius 3 is 1.92 bits per heavy atom. The second-order valence-corrected chi connectivity index (χ2v) is 10.7. The van der Waals surface area contributed by atoms with Gasteiger partial charge in [0, 0.05) is 26.0 Å². The van der Waals surface area contributed by atoms with E-state index in [0.29, 0.717) is 13.2 Å². The molecule has 0 unspecified atom stereocenters. The molecule has 206 valence electrons. The maximum atomic E-state index is 6.88. The lowest BCUT2D eigenvalue weighted by Crippen LogP contribution is -2.55. The van der Waals surface area contributed by atoms with E-state index in [9.17, 15) is 0 Å². The molecule has 3 atom stereocenters. The molecule has 2 aromatic rings. The zero-order chi connectivity index (χ0) is 26.2. The van der Waals surface area contributed by atoms with Gasteiger partial charge < -0.3 is 14.2 Å². The highest BCUT2D eigenvalue weighted by atomic mass is 16.6. The third kappa shape index (κ3) is 9.83. The summed E-state index contributed by atoms with van der Waals surface area (Å²) in [5.41, 5.74) is 1.97. The fourth-order valence-corrected chi connectivity index (χ4v) is 5.43. The van der Waals surface area contributed by atoms with Crippen LogP contribution in [0.5, 0.6) is 0 Å². The van der Waals surface area contributed by atoms with Crippen LogP contribution in [0.15, 0.2) is 60.7 Å². The van der Waals surface area contributed by atoms with Crippen LogP contribution in [0.4, 0.5) is 0 Å². The molecule has 4 nitrogen and oxygen atoms in total. The lowest BCUT2D eigenvalue weighted by atomic mass is 10.1. The van der Waals surface area contributed by atoms with Gasteiger partial charge in [0.15, 0.2) is 0 Å². The minimum atomic E-state index is -0.451. The van der Waals surface area contributed by atoms with Gasteiger partial charge in [-0.1, -0.05) is 119 Å². The number of benzene rings is 2. The highest BCUT2D eigenvalue weighted by molar-refractivity contribution is 5.14. The molecule has 2 aromatic carbocycles. The van der Waals surface area contributed by atoms with Crippen LogP contribution in [0, 0.1) is 0 Å². The summed E-state index contributed by atoms with van der Waals surface area (Å²) in [4.78, 5) is 2.46. The van der Waals surface area contributed by atoms with Gasteiger partial charge in [-0.05, 0) is 31.0 Å². The molecule has 0 spiro atoms. The highest BCUT2D eigenvalue weighted by Gasteiger charge is 2.52. The van der Waals surface area contributed by atoms with Crippen LogP contribution in [0.1, 0.15) is 95.6 Å². The Bertz CT molecular complexity index is 830. The first-order valence-electron chi connectivity index (χ1n) is 14.8. The number of hydrogen-bond donors (Lipinski definition) is 0. The summed E-state index contributed by atoms with van der Waals surface area (Å²) in [5, 5.41) is 0. The second kappa shape index (κ2) is 17.0. The lowest BCUT2D eigenvalue weighted by Gasteiger charge is -2.43. The minimum absolute atomic E-state index is 0.0275. The zero-order valence-electron chi connectivity index (χ0n) is 23.7. The first kappa shape index (κ1) is 29.8. The van der Waals surface area contributed by atoms with Gasteiger partial charge in [0.25, 0.3) is 0 Å². The largest absolute Gasteiger partial charge is 0.373 e. The Kier molecular flexibility index (Phi) is 13.7. The molecule has 1 aliphatic rings. The van der Waals surface area contributed by atoms with Crippen molar-refractivity contribution in [3.63, 3.8) is 0 Å². The molecule has 0 radical (unpaired) electrons. The number of nitrogens with zero attached hydrogens (tertiary/aromatic N) is 1. The lowest BCUT2D eigenvalue weighted by molar-refractivity contribution is -0.211. The molecule has 3 rings (SSSR count). The van der Waals surface area contributed by atoms with Gasteiger partial charge in [0.2, 0.25) is 0 Å². The Labute approximate surface area is 226 Å². The predicted octanol–water partition coefficient (Wildman–Crippen LogP) is 8.15. The molecule has 37 heavy (non-hydrogen) atoms. The number of rotatable bonds is 19. The molecule has 0 heterocycles. The first-order valence-corrected chi connectivity index (χ1v) is 14.8. The van der Waals surface area contributed by atoms with Crippen LogP contribution in [-0.4, -0.2) is 43.0 Å². The number of ether oxygens (including phenoxy) is 3. The smallest absolute Gasteiger partial charge is 0.150 e. The van der Waals surface area contributed by atoms with Crippen molar-refractivity contribution in [1.82, 2.24) is 4.90 Å². The number of likely N-dealkylation sites (N-methyl/N-ethyl adjacent to an activating group) is 1. The van der Waals surface area contributed by atoms with Gasteiger partial charge in [-0.3, -0.25) is 4.90 Å². The van der Waals surface area contributed by atoms with E-state index in [1.165, 1.54) is 62.5 Å². The maximum Gasteiger partial charge on any atom is 0.150 e. The molecule has 1 aliphatic carbocycles. The molecular weight excluding hydrogens is 458 g/mol. The van der Waals surface area contributed by atoms with E-state index in [2.05, 4.69) is 86.5 Å². The molecule has 0 amide bonds. The molecule has 1 fully saturated rings. The quantitative estimate of drug-likeness (QED) is 0.141. The Morgan fingerprint density at radius 2 is 1.30 bits per heavy atom. The molecule has 0 aliphatic heterocycles. The van der Waals surface area contributed by atoms with E-state index in [4.69, 9.17) is 14.2 Å². The Balaban J connectivity index is 1.72. The molecular formula is C33H51NO3. The van der Waals surface area contributed by atoms with Crippen molar-refractivity contribution in [2.45, 2.75) is 116 Å². The molecule has 0 aromatic heterocycles. The fraction of sp³-hybridized carbons (Fsp3) is 0.636. The van der Waals surface area contributed by atoms with Gasteiger partial charge in [0.05, 0.1) is 19.3 Å². The van der Waals surface area contributed by atoms with Gasteiger partial charge in [-0.2, -0.15) is 0 Å². The van der Waals surface area contributed by atoms with Crippen molar-refractivity contribution in [3.05, 3.63) is 71.8 Å². The summed E-state index contributed by atoms with van der Waals surface area (Å²) in [6.45, 7) is 7.56. The van der Waals surface area contributed by atoms with Gasteiger partial charge >= 0.3 is 0 Å². The van der Waals surface area contributed by atoms with Crippen molar-refractivity contribution < 1.29 is 14.2 Å². The SMILES string of the molecule is CCCCCCCN(C)[C@@]1(OCCCCCC)C[C@H](OCc2ccccc2)C[C@@H]1OCc1ccccc1. The van der Waals surface area contributed by atoms with Crippen molar-refractivity contribution in [1.29, 1.82) is 0 Å². The standard InChI is InChI=1S/C33H51NO3/c1-4-6-8-10-17-23-34(3)33(37-24-18-9-7-5-2)26-31(35-27-29-19-13-11-14-20-29)25-32(33)36-28-30-21-15-12-16-22-30/h11-16,19-22,31-32H,4-10,17-18,23-28H2,1-3H3/t31-,32+,33-/m1/s1.